The van der Waals surface area contributed by atoms with Crippen LogP contribution in [-0.4, -0.2) is 32.5 Å². The number of nitrogens with zero attached hydrogens (tertiary/aromatic N) is 2. The zero-order valence-corrected chi connectivity index (χ0v) is 59.1. The Morgan fingerprint density at radius 3 is 1.04 bits per heavy atom. The number of hydrogen-bond acceptors (Lipinski definition) is 0. The standard InChI is InChI=1S/C43H32B2BrN.C25H16B2Br2.C18H12BrN.FH.H2/c46-45-39-21-9-5-17-35(39)43(36-18-6-10-22-40(36)45)33-15-3-7-19-37(33)44(38-20-8-4-16-34(38)43)29-25-27-30(28-26-29)47-41-23-11-1-13-31(41)32-14-2-12-24-42(32)47;28-26-21-13-5-1-9-17(21)25(18-10-2-6-14-22(18)26)19-11-3-7-15-23(19)27(29)24-16-8-4-12-20(24)25;19-13-9-11-14(12-10-13)20-17-7-3-1-5-15(17)16-6-2-4-8-18(16)20;;/h1-28,33,35,37,39H;1-16H;1-12H;2*1H/i;;;;1+1. The minimum absolute atomic E-state index is 0. The van der Waals surface area contributed by atoms with Gasteiger partial charge in [-0.15, -0.1) is 47.3 Å². The van der Waals surface area contributed by atoms with E-state index in [1.165, 1.54) is 127 Å². The number of hydrogen-bond donors (Lipinski definition) is 0. The minimum Gasteiger partial charge on any atom is -0.309 e. The molecule has 11 heteroatoms. The number of para-hydroxylation sites is 4. The predicted octanol–water partition coefficient (Wildman–Crippen LogP) is 18.2. The fraction of sp³-hybridized carbons (Fsp3) is 0.0698. The topological polar surface area (TPSA) is 9.86 Å². The summed E-state index contributed by atoms with van der Waals surface area (Å²) in [5, 5.41) is 5.19. The van der Waals surface area contributed by atoms with E-state index < -0.39 is 0 Å². The quantitative estimate of drug-likeness (QED) is 0.156. The van der Waals surface area contributed by atoms with Gasteiger partial charge in [0.2, 0.25) is 6.71 Å². The van der Waals surface area contributed by atoms with Crippen LogP contribution < -0.4 is 38.2 Å². The van der Waals surface area contributed by atoms with Gasteiger partial charge in [0.05, 0.1) is 27.5 Å². The van der Waals surface area contributed by atoms with Crippen molar-refractivity contribution in [3.8, 4) is 11.4 Å². The summed E-state index contributed by atoms with van der Waals surface area (Å²) >= 11 is 15.7. The first-order valence-electron chi connectivity index (χ1n) is 33.4. The molecule has 6 aliphatic rings. The van der Waals surface area contributed by atoms with E-state index in [0.717, 1.165) is 4.47 Å². The predicted molar refractivity (Wildman–Crippen MR) is 431 cm³/mol. The molecule has 0 N–H and O–H groups in total. The van der Waals surface area contributed by atoms with Crippen LogP contribution in [0.2, 0.25) is 11.6 Å². The summed E-state index contributed by atoms with van der Waals surface area (Å²) in [6.45, 7) is 0.255. The Bertz CT molecular complexity index is 5250. The van der Waals surface area contributed by atoms with Crippen molar-refractivity contribution in [3.63, 3.8) is 0 Å². The van der Waals surface area contributed by atoms with E-state index in [0.29, 0.717) is 23.5 Å². The first kappa shape index (κ1) is 61.9. The first-order chi connectivity index (χ1) is 47.3. The van der Waals surface area contributed by atoms with Gasteiger partial charge in [0.25, 0.3) is 16.6 Å². The highest BCUT2D eigenvalue weighted by atomic mass is 79.9. The second-order valence-corrected chi connectivity index (χ2v) is 30.0. The van der Waals surface area contributed by atoms with Crippen molar-refractivity contribution in [2.75, 3.05) is 0 Å². The molecule has 6 heterocycles. The molecule has 464 valence electrons. The Morgan fingerprint density at radius 2 is 0.619 bits per heavy atom. The third kappa shape index (κ3) is 9.45. The molecule has 12 aromatic carbocycles. The average molecular weight is 1510 g/mol. The van der Waals surface area contributed by atoms with E-state index in [2.05, 4.69) is 412 Å². The van der Waals surface area contributed by atoms with E-state index in [4.69, 9.17) is 0 Å². The molecule has 4 aliphatic heterocycles. The molecule has 5 atom stereocenters. The number of fused-ring (bicyclic) bond motifs is 22. The summed E-state index contributed by atoms with van der Waals surface area (Å²) in [6, 6.07) is 107. The molecule has 0 bridgehead atoms. The normalized spacial score (nSPS) is 19.1. The number of halogens is 5. The smallest absolute Gasteiger partial charge is 0.288 e. The molecule has 97 heavy (non-hydrogen) atoms. The van der Waals surface area contributed by atoms with Crippen LogP contribution >= 0.6 is 63.2 Å². The van der Waals surface area contributed by atoms with Crippen molar-refractivity contribution >= 4 is 168 Å². The van der Waals surface area contributed by atoms with Gasteiger partial charge in [-0.05, 0) is 118 Å². The van der Waals surface area contributed by atoms with Gasteiger partial charge < -0.3 is 9.13 Å². The summed E-state index contributed by atoms with van der Waals surface area (Å²) < 4.78 is 5.84. The Kier molecular flexibility index (Phi) is 15.9. The summed E-state index contributed by atoms with van der Waals surface area (Å²) in [5.41, 5.74) is 25.7. The molecular weight excluding hydrogens is 1440 g/mol. The van der Waals surface area contributed by atoms with Crippen LogP contribution in [0.4, 0.5) is 4.70 Å². The fourth-order valence-corrected chi connectivity index (χ4v) is 21.0. The van der Waals surface area contributed by atoms with Crippen LogP contribution in [0.5, 0.6) is 0 Å². The summed E-state index contributed by atoms with van der Waals surface area (Å²) in [7, 11) is 0. The van der Waals surface area contributed by atoms with Crippen LogP contribution in [0.25, 0.3) is 55.0 Å². The molecule has 14 aromatic rings. The minimum atomic E-state index is -0.311. The van der Waals surface area contributed by atoms with Crippen molar-refractivity contribution in [1.82, 2.24) is 9.13 Å². The van der Waals surface area contributed by atoms with Gasteiger partial charge in [-0.1, -0.05) is 333 Å². The zero-order valence-electron chi connectivity index (χ0n) is 52.8. The van der Waals surface area contributed by atoms with Gasteiger partial charge in [0.15, 0.2) is 0 Å². The van der Waals surface area contributed by atoms with Gasteiger partial charge in [-0.25, -0.2) is 0 Å². The maximum atomic E-state index is 4.19. The molecule has 2 aromatic heterocycles. The molecule has 0 saturated carbocycles. The van der Waals surface area contributed by atoms with Crippen LogP contribution in [0.15, 0.2) is 344 Å². The van der Waals surface area contributed by atoms with E-state index >= 15 is 0 Å². The maximum Gasteiger partial charge on any atom is 0.288 e. The van der Waals surface area contributed by atoms with Gasteiger partial charge in [0.1, 0.15) is 0 Å². The van der Waals surface area contributed by atoms with Gasteiger partial charge in [0, 0.05) is 44.2 Å². The molecular formula is C86H63B4Br4FN2. The summed E-state index contributed by atoms with van der Waals surface area (Å²) in [5.74, 6) is 1.36. The SMILES string of the molecule is BrB1c2ccccc2C2(c3ccccc31)c1ccccc1B(Br)c1ccccc12.BrB1c2ccccc2C2(c3ccccc3B(c3ccc(-n4c5ccccc5c5ccccc54)cc3)C3C=CC=CC32)C2C=CC=CC12.Brc1ccc(-n2c3ccccc3c3ccccc32)cc1.F.[2HH]. The molecule has 0 amide bonds. The lowest BCUT2D eigenvalue weighted by Crippen LogP contribution is -2.65. The lowest BCUT2D eigenvalue weighted by atomic mass is 9.23. The Labute approximate surface area is 601 Å². The summed E-state index contributed by atoms with van der Waals surface area (Å²) in [4.78, 5) is 0. The fourth-order valence-electron chi connectivity index (χ4n) is 18.2. The molecule has 20 rings (SSSR count). The van der Waals surface area contributed by atoms with Gasteiger partial charge in [-0.3, -0.25) is 4.70 Å². The average Bonchev–Trinajstić information content (AvgIpc) is 1.28. The van der Waals surface area contributed by atoms with Crippen LogP contribution in [0, 0.1) is 11.8 Å². The molecule has 5 unspecified atom stereocenters. The van der Waals surface area contributed by atoms with Crippen molar-refractivity contribution in [1.29, 1.82) is 0 Å². The van der Waals surface area contributed by atoms with Crippen molar-refractivity contribution in [2.45, 2.75) is 22.5 Å². The van der Waals surface area contributed by atoms with E-state index in [-0.39, 0.29) is 40.3 Å². The highest BCUT2D eigenvalue weighted by Gasteiger charge is 2.61. The van der Waals surface area contributed by atoms with E-state index in [9.17, 15) is 0 Å². The Morgan fingerprint density at radius 1 is 0.309 bits per heavy atom. The second-order valence-electron chi connectivity index (χ2n) is 26.3. The number of allylic oxidation sites excluding steroid dienone is 8. The number of benzene rings is 12. The monoisotopic (exact) mass is 1500 g/mol. The number of aromatic nitrogens is 2. The number of rotatable bonds is 3. The first-order valence-corrected chi connectivity index (χ1v) is 36.9. The highest BCUT2D eigenvalue weighted by molar-refractivity contribution is 9.25. The lowest BCUT2D eigenvalue weighted by molar-refractivity contribution is 0.282. The van der Waals surface area contributed by atoms with Crippen molar-refractivity contribution in [2.24, 2.45) is 11.8 Å². The molecule has 2 spiro atoms. The van der Waals surface area contributed by atoms with Crippen molar-refractivity contribution in [3.05, 3.63) is 378 Å². The Balaban J connectivity index is 0.000000125. The van der Waals surface area contributed by atoms with Gasteiger partial charge >= 0.3 is 0 Å². The molecule has 0 radical (unpaired) electrons. The van der Waals surface area contributed by atoms with E-state index in [1.807, 2.05) is 0 Å². The summed E-state index contributed by atoms with van der Waals surface area (Å²) in [6.07, 6.45) is 19.1. The van der Waals surface area contributed by atoms with Gasteiger partial charge in [-0.2, -0.15) is 0 Å². The van der Waals surface area contributed by atoms with E-state index in [1.54, 1.807) is 0 Å². The third-order valence-electron chi connectivity index (χ3n) is 21.9. The second kappa shape index (κ2) is 25.0. The van der Waals surface area contributed by atoms with Crippen LogP contribution in [0.3, 0.4) is 0 Å². The van der Waals surface area contributed by atoms with Crippen LogP contribution in [0.1, 0.15) is 34.8 Å². The van der Waals surface area contributed by atoms with Crippen molar-refractivity contribution < 1.29 is 6.13 Å². The lowest BCUT2D eigenvalue weighted by Gasteiger charge is -2.59. The molecule has 0 saturated heterocycles. The largest absolute Gasteiger partial charge is 0.309 e. The molecule has 2 nitrogen and oxygen atoms in total. The Hall–Kier alpha value is -8.69. The highest BCUT2D eigenvalue weighted by Crippen LogP contribution is 2.61. The molecule has 2 aliphatic carbocycles. The third-order valence-corrected chi connectivity index (χ3v) is 25.5. The zero-order chi connectivity index (χ0) is 64.2. The maximum absolute atomic E-state index is 4.19. The molecule has 0 fully saturated rings. The van der Waals surface area contributed by atoms with Crippen LogP contribution in [-0.2, 0) is 10.8 Å².